The van der Waals surface area contributed by atoms with E-state index in [1.165, 1.54) is 19.3 Å². The number of benzene rings is 2. The Morgan fingerprint density at radius 2 is 1.85 bits per heavy atom. The number of carbonyl (C=O) groups is 2. The second-order valence-corrected chi connectivity index (χ2v) is 10.1. The average Bonchev–Trinajstić information content (AvgIpc) is 3.18. The SMILES string of the molecule is O=C(O)CCCOc1ccc(-c2ccc(Cl)cc2Cl)cc1CC1CCN(C2CCCCC2)C1=O. The first-order valence-corrected chi connectivity index (χ1v) is 12.9. The zero-order valence-electron chi connectivity index (χ0n) is 19.3. The van der Waals surface area contributed by atoms with E-state index in [2.05, 4.69) is 4.90 Å². The third-order valence-corrected chi connectivity index (χ3v) is 7.48. The first kappa shape index (κ1) is 24.9. The molecule has 1 aliphatic heterocycles. The molecule has 1 aliphatic carbocycles. The van der Waals surface area contributed by atoms with Crippen molar-refractivity contribution in [2.75, 3.05) is 13.2 Å². The lowest BCUT2D eigenvalue weighted by molar-refractivity contribution is -0.137. The third-order valence-electron chi connectivity index (χ3n) is 6.93. The van der Waals surface area contributed by atoms with Gasteiger partial charge >= 0.3 is 5.97 Å². The molecule has 0 radical (unpaired) electrons. The Morgan fingerprint density at radius 1 is 1.06 bits per heavy atom. The summed E-state index contributed by atoms with van der Waals surface area (Å²) in [5.41, 5.74) is 2.75. The monoisotopic (exact) mass is 503 g/mol. The van der Waals surface area contributed by atoms with Crippen LogP contribution in [0.2, 0.25) is 10.0 Å². The molecular weight excluding hydrogens is 473 g/mol. The fourth-order valence-electron chi connectivity index (χ4n) is 5.15. The summed E-state index contributed by atoms with van der Waals surface area (Å²) in [6.45, 7) is 1.14. The highest BCUT2D eigenvalue weighted by molar-refractivity contribution is 6.36. The van der Waals surface area contributed by atoms with Crippen molar-refractivity contribution >= 4 is 35.1 Å². The Labute approximate surface area is 211 Å². The van der Waals surface area contributed by atoms with E-state index in [0.29, 0.717) is 41.3 Å². The molecule has 34 heavy (non-hydrogen) atoms. The largest absolute Gasteiger partial charge is 0.493 e. The maximum Gasteiger partial charge on any atom is 0.303 e. The van der Waals surface area contributed by atoms with E-state index in [1.54, 1.807) is 12.1 Å². The molecule has 1 atom stereocenters. The van der Waals surface area contributed by atoms with E-state index >= 15 is 0 Å². The molecule has 0 bridgehead atoms. The highest BCUT2D eigenvalue weighted by atomic mass is 35.5. The number of rotatable bonds is 9. The lowest BCUT2D eigenvalue weighted by Crippen LogP contribution is -2.39. The Hall–Kier alpha value is -2.24. The molecule has 0 spiro atoms. The Balaban J connectivity index is 1.54. The van der Waals surface area contributed by atoms with Crippen molar-refractivity contribution < 1.29 is 19.4 Å². The summed E-state index contributed by atoms with van der Waals surface area (Å²) in [6.07, 6.45) is 7.83. The van der Waals surface area contributed by atoms with Crippen LogP contribution in [-0.4, -0.2) is 41.1 Å². The number of halogens is 2. The third kappa shape index (κ3) is 6.05. The predicted octanol–water partition coefficient (Wildman–Crippen LogP) is 6.63. The first-order chi connectivity index (χ1) is 16.4. The van der Waals surface area contributed by atoms with E-state index in [1.807, 2.05) is 24.3 Å². The van der Waals surface area contributed by atoms with Crippen LogP contribution in [0.5, 0.6) is 5.75 Å². The van der Waals surface area contributed by atoms with Crippen molar-refractivity contribution in [1.82, 2.24) is 4.90 Å². The van der Waals surface area contributed by atoms with Gasteiger partial charge in [-0.3, -0.25) is 9.59 Å². The minimum atomic E-state index is -0.837. The Bertz CT molecular complexity index is 1040. The van der Waals surface area contributed by atoms with Gasteiger partial charge in [-0.1, -0.05) is 54.6 Å². The Morgan fingerprint density at radius 3 is 2.59 bits per heavy atom. The van der Waals surface area contributed by atoms with Gasteiger partial charge in [0, 0.05) is 40.5 Å². The molecule has 2 aromatic carbocycles. The molecule has 1 saturated carbocycles. The summed E-state index contributed by atoms with van der Waals surface area (Å²) >= 11 is 12.5. The predicted molar refractivity (Wildman–Crippen MR) is 135 cm³/mol. The van der Waals surface area contributed by atoms with Crippen LogP contribution in [0, 0.1) is 5.92 Å². The second-order valence-electron chi connectivity index (χ2n) is 9.31. The van der Waals surface area contributed by atoms with Crippen molar-refractivity contribution in [2.24, 2.45) is 5.92 Å². The molecule has 1 N–H and O–H groups in total. The number of ether oxygens (including phenoxy) is 1. The van der Waals surface area contributed by atoms with Gasteiger partial charge in [0.1, 0.15) is 5.75 Å². The number of nitrogens with zero attached hydrogens (tertiary/aromatic N) is 1. The van der Waals surface area contributed by atoms with Crippen LogP contribution in [0.25, 0.3) is 11.1 Å². The molecule has 7 heteroatoms. The quantitative estimate of drug-likeness (QED) is 0.390. The van der Waals surface area contributed by atoms with Crippen LogP contribution >= 0.6 is 23.2 Å². The maximum atomic E-state index is 13.3. The van der Waals surface area contributed by atoms with Gasteiger partial charge in [0.05, 0.1) is 6.61 Å². The average molecular weight is 504 g/mol. The molecule has 1 saturated heterocycles. The summed E-state index contributed by atoms with van der Waals surface area (Å²) in [6, 6.07) is 11.7. The van der Waals surface area contributed by atoms with Crippen molar-refractivity contribution in [2.45, 2.75) is 63.8 Å². The number of likely N-dealkylation sites (tertiary alicyclic amines) is 1. The normalized spacial score (nSPS) is 18.9. The standard InChI is InChI=1S/C27H31Cl2NO4/c28-21-9-10-23(24(29)17-21)18-8-11-25(34-14-4-7-26(31)32)20(15-18)16-19-12-13-30(27(19)33)22-5-2-1-3-6-22/h8-11,15,17,19,22H,1-7,12-14,16H2,(H,31,32). The van der Waals surface area contributed by atoms with Gasteiger partial charge in [-0.15, -0.1) is 0 Å². The van der Waals surface area contributed by atoms with Crippen LogP contribution in [0.15, 0.2) is 36.4 Å². The van der Waals surface area contributed by atoms with Gasteiger partial charge in [0.2, 0.25) is 5.91 Å². The molecular formula is C27H31Cl2NO4. The van der Waals surface area contributed by atoms with Gasteiger partial charge in [-0.2, -0.15) is 0 Å². The van der Waals surface area contributed by atoms with Crippen LogP contribution in [0.4, 0.5) is 0 Å². The zero-order valence-corrected chi connectivity index (χ0v) is 20.8. The summed E-state index contributed by atoms with van der Waals surface area (Å²) in [4.78, 5) is 26.2. The lowest BCUT2D eigenvalue weighted by Gasteiger charge is -2.31. The van der Waals surface area contributed by atoms with Gasteiger partial charge in [-0.25, -0.2) is 0 Å². The maximum absolute atomic E-state index is 13.3. The summed E-state index contributed by atoms with van der Waals surface area (Å²) < 4.78 is 5.97. The number of carboxylic acid groups (broad SMARTS) is 1. The van der Waals surface area contributed by atoms with Crippen molar-refractivity contribution in [1.29, 1.82) is 0 Å². The molecule has 4 rings (SSSR count). The molecule has 5 nitrogen and oxygen atoms in total. The molecule has 2 aliphatic rings. The molecule has 1 amide bonds. The molecule has 2 fully saturated rings. The highest BCUT2D eigenvalue weighted by Gasteiger charge is 2.36. The number of amides is 1. The van der Waals surface area contributed by atoms with Gasteiger partial charge in [0.25, 0.3) is 0 Å². The van der Waals surface area contributed by atoms with Gasteiger partial charge in [0.15, 0.2) is 0 Å². The molecule has 0 aromatic heterocycles. The van der Waals surface area contributed by atoms with Crippen molar-refractivity contribution in [3.8, 4) is 16.9 Å². The van der Waals surface area contributed by atoms with Gasteiger partial charge < -0.3 is 14.7 Å². The molecule has 1 heterocycles. The van der Waals surface area contributed by atoms with E-state index in [-0.39, 0.29) is 18.2 Å². The minimum Gasteiger partial charge on any atom is -0.493 e. The van der Waals surface area contributed by atoms with E-state index in [4.69, 9.17) is 33.0 Å². The molecule has 182 valence electrons. The number of carbonyl (C=O) groups excluding carboxylic acids is 1. The number of carboxylic acids is 1. The van der Waals surface area contributed by atoms with Crippen LogP contribution in [-0.2, 0) is 16.0 Å². The summed E-state index contributed by atoms with van der Waals surface area (Å²) in [5, 5.41) is 10.0. The summed E-state index contributed by atoms with van der Waals surface area (Å²) in [5.74, 6) is 0.0388. The second kappa shape index (κ2) is 11.5. The molecule has 1 unspecified atom stereocenters. The van der Waals surface area contributed by atoms with E-state index in [9.17, 15) is 9.59 Å². The van der Waals surface area contributed by atoms with E-state index in [0.717, 1.165) is 42.5 Å². The van der Waals surface area contributed by atoms with Crippen LogP contribution in [0.3, 0.4) is 0 Å². The zero-order chi connectivity index (χ0) is 24.1. The van der Waals surface area contributed by atoms with Crippen LogP contribution in [0.1, 0.15) is 56.9 Å². The fraction of sp³-hybridized carbons (Fsp3) is 0.481. The molecule has 2 aromatic rings. The topological polar surface area (TPSA) is 66.8 Å². The number of aliphatic carboxylic acids is 1. The van der Waals surface area contributed by atoms with E-state index < -0.39 is 5.97 Å². The smallest absolute Gasteiger partial charge is 0.303 e. The van der Waals surface area contributed by atoms with Crippen molar-refractivity contribution in [3.05, 3.63) is 52.0 Å². The summed E-state index contributed by atoms with van der Waals surface area (Å²) in [7, 11) is 0. The fourth-order valence-corrected chi connectivity index (χ4v) is 5.67. The lowest BCUT2D eigenvalue weighted by atomic mass is 9.93. The first-order valence-electron chi connectivity index (χ1n) is 12.2. The number of hydrogen-bond donors (Lipinski definition) is 1. The van der Waals surface area contributed by atoms with Gasteiger partial charge in [-0.05, 0) is 67.5 Å². The minimum absolute atomic E-state index is 0.0608. The van der Waals surface area contributed by atoms with Crippen molar-refractivity contribution in [3.63, 3.8) is 0 Å². The number of hydrogen-bond acceptors (Lipinski definition) is 3. The highest BCUT2D eigenvalue weighted by Crippen LogP contribution is 2.36. The Kier molecular flexibility index (Phi) is 8.38. The van der Waals surface area contributed by atoms with Crippen LogP contribution < -0.4 is 4.74 Å².